The van der Waals surface area contributed by atoms with Crippen molar-refractivity contribution in [3.8, 4) is 0 Å². The molecule has 1 amide bonds. The fraction of sp³-hybridized carbons (Fsp3) is 0.450. The SMILES string of the molecule is O=C(CN1CCN(c2cc3c(nn2)CCC3)CC1)NCc1ccc(F)cc1. The van der Waals surface area contributed by atoms with Crippen molar-refractivity contribution in [1.29, 1.82) is 0 Å². The Kier molecular flexibility index (Phi) is 5.29. The minimum absolute atomic E-state index is 0.00917. The van der Waals surface area contributed by atoms with Crippen LogP contribution in [0.2, 0.25) is 0 Å². The second-order valence-corrected chi connectivity index (χ2v) is 7.19. The summed E-state index contributed by atoms with van der Waals surface area (Å²) in [7, 11) is 0. The highest BCUT2D eigenvalue weighted by Crippen LogP contribution is 2.23. The van der Waals surface area contributed by atoms with E-state index in [1.807, 2.05) is 0 Å². The molecule has 2 heterocycles. The second kappa shape index (κ2) is 8.00. The number of nitrogens with zero attached hydrogens (tertiary/aromatic N) is 4. The molecule has 2 aliphatic rings. The van der Waals surface area contributed by atoms with Gasteiger partial charge in [0.1, 0.15) is 5.82 Å². The summed E-state index contributed by atoms with van der Waals surface area (Å²) in [5.41, 5.74) is 3.38. The molecule has 2 aromatic rings. The van der Waals surface area contributed by atoms with E-state index in [-0.39, 0.29) is 11.7 Å². The molecule has 1 aromatic heterocycles. The number of halogens is 1. The number of amides is 1. The second-order valence-electron chi connectivity index (χ2n) is 7.19. The highest BCUT2D eigenvalue weighted by molar-refractivity contribution is 5.78. The van der Waals surface area contributed by atoms with Crippen molar-refractivity contribution in [3.05, 3.63) is 53.0 Å². The first-order chi connectivity index (χ1) is 13.2. The number of piperazine rings is 1. The van der Waals surface area contributed by atoms with Crippen molar-refractivity contribution in [2.45, 2.75) is 25.8 Å². The summed E-state index contributed by atoms with van der Waals surface area (Å²) in [6, 6.07) is 8.36. The predicted octanol–water partition coefficient (Wildman–Crippen LogP) is 1.54. The molecular weight excluding hydrogens is 345 g/mol. The van der Waals surface area contributed by atoms with Gasteiger partial charge in [-0.25, -0.2) is 4.39 Å². The van der Waals surface area contributed by atoms with Crippen molar-refractivity contribution in [3.63, 3.8) is 0 Å². The number of fused-ring (bicyclic) bond motifs is 1. The molecule has 1 fully saturated rings. The first-order valence-corrected chi connectivity index (χ1v) is 9.51. The summed E-state index contributed by atoms with van der Waals surface area (Å²) in [5, 5.41) is 11.6. The summed E-state index contributed by atoms with van der Waals surface area (Å²) in [6.45, 7) is 4.14. The maximum atomic E-state index is 12.9. The van der Waals surface area contributed by atoms with E-state index in [9.17, 15) is 9.18 Å². The molecular formula is C20H24FN5O. The zero-order chi connectivity index (χ0) is 18.6. The topological polar surface area (TPSA) is 61.4 Å². The van der Waals surface area contributed by atoms with E-state index in [1.165, 1.54) is 24.1 Å². The lowest BCUT2D eigenvalue weighted by molar-refractivity contribution is -0.122. The van der Waals surface area contributed by atoms with E-state index in [0.29, 0.717) is 13.1 Å². The molecule has 0 radical (unpaired) electrons. The third-order valence-corrected chi connectivity index (χ3v) is 5.27. The molecule has 1 aliphatic carbocycles. The van der Waals surface area contributed by atoms with Gasteiger partial charge >= 0.3 is 0 Å². The number of benzene rings is 1. The van der Waals surface area contributed by atoms with Crippen LogP contribution >= 0.6 is 0 Å². The standard InChI is InChI=1S/C20H24FN5O/c21-17-6-4-15(5-7-17)13-22-20(27)14-25-8-10-26(11-9-25)19-12-16-2-1-3-18(16)23-24-19/h4-7,12H,1-3,8-11,13-14H2,(H,22,27). The number of hydrogen-bond donors (Lipinski definition) is 1. The molecule has 1 N–H and O–H groups in total. The number of anilines is 1. The number of rotatable bonds is 5. The Balaban J connectivity index is 1.23. The van der Waals surface area contributed by atoms with Crippen LogP contribution in [0.1, 0.15) is 23.2 Å². The Morgan fingerprint density at radius 3 is 2.63 bits per heavy atom. The number of aryl methyl sites for hydroxylation is 2. The number of carbonyl (C=O) groups is 1. The minimum Gasteiger partial charge on any atom is -0.353 e. The highest BCUT2D eigenvalue weighted by Gasteiger charge is 2.22. The molecule has 0 bridgehead atoms. The number of carbonyl (C=O) groups excluding carboxylic acids is 1. The third kappa shape index (κ3) is 4.42. The molecule has 0 unspecified atom stereocenters. The van der Waals surface area contributed by atoms with E-state index >= 15 is 0 Å². The van der Waals surface area contributed by atoms with Gasteiger partial charge in [-0.2, -0.15) is 5.10 Å². The number of aromatic nitrogens is 2. The van der Waals surface area contributed by atoms with Gasteiger partial charge in [-0.1, -0.05) is 12.1 Å². The zero-order valence-electron chi connectivity index (χ0n) is 15.3. The maximum absolute atomic E-state index is 12.9. The molecule has 27 heavy (non-hydrogen) atoms. The molecule has 1 aromatic carbocycles. The maximum Gasteiger partial charge on any atom is 0.234 e. The van der Waals surface area contributed by atoms with Crippen LogP contribution in [0.3, 0.4) is 0 Å². The normalized spacial score (nSPS) is 17.0. The number of nitrogens with one attached hydrogen (secondary N) is 1. The molecule has 0 atom stereocenters. The average Bonchev–Trinajstić information content (AvgIpc) is 3.16. The molecule has 7 heteroatoms. The minimum atomic E-state index is -0.268. The van der Waals surface area contributed by atoms with Gasteiger partial charge in [0.05, 0.1) is 12.2 Å². The van der Waals surface area contributed by atoms with Crippen molar-refractivity contribution in [2.75, 3.05) is 37.6 Å². The summed E-state index contributed by atoms with van der Waals surface area (Å²) in [5.74, 6) is 0.678. The van der Waals surface area contributed by atoms with E-state index in [0.717, 1.165) is 56.1 Å². The molecule has 142 valence electrons. The monoisotopic (exact) mass is 369 g/mol. The average molecular weight is 369 g/mol. The smallest absolute Gasteiger partial charge is 0.234 e. The molecule has 1 aliphatic heterocycles. The Morgan fingerprint density at radius 2 is 1.85 bits per heavy atom. The first-order valence-electron chi connectivity index (χ1n) is 9.51. The van der Waals surface area contributed by atoms with Crippen LogP contribution in [0.5, 0.6) is 0 Å². The van der Waals surface area contributed by atoms with Gasteiger partial charge in [0, 0.05) is 32.7 Å². The summed E-state index contributed by atoms with van der Waals surface area (Å²) < 4.78 is 12.9. The van der Waals surface area contributed by atoms with E-state index < -0.39 is 0 Å². The van der Waals surface area contributed by atoms with Crippen LogP contribution in [0.4, 0.5) is 10.2 Å². The summed E-state index contributed by atoms with van der Waals surface area (Å²) in [4.78, 5) is 16.6. The lowest BCUT2D eigenvalue weighted by Crippen LogP contribution is -2.49. The quantitative estimate of drug-likeness (QED) is 0.866. The molecule has 6 nitrogen and oxygen atoms in total. The largest absolute Gasteiger partial charge is 0.353 e. The Morgan fingerprint density at radius 1 is 1.07 bits per heavy atom. The molecule has 1 saturated heterocycles. The van der Waals surface area contributed by atoms with Crippen LogP contribution in [0.15, 0.2) is 30.3 Å². The summed E-state index contributed by atoms with van der Waals surface area (Å²) >= 11 is 0. The lowest BCUT2D eigenvalue weighted by Gasteiger charge is -2.34. The first kappa shape index (κ1) is 17.9. The fourth-order valence-corrected chi connectivity index (χ4v) is 3.67. The zero-order valence-corrected chi connectivity index (χ0v) is 15.3. The Labute approximate surface area is 158 Å². The van der Waals surface area contributed by atoms with Crippen molar-refractivity contribution in [1.82, 2.24) is 20.4 Å². The third-order valence-electron chi connectivity index (χ3n) is 5.27. The Bertz CT molecular complexity index is 803. The van der Waals surface area contributed by atoms with Crippen LogP contribution in [0, 0.1) is 5.82 Å². The van der Waals surface area contributed by atoms with Gasteiger partial charge in [-0.05, 0) is 48.6 Å². The van der Waals surface area contributed by atoms with Gasteiger partial charge in [-0.15, -0.1) is 5.10 Å². The van der Waals surface area contributed by atoms with E-state index in [4.69, 9.17) is 0 Å². The van der Waals surface area contributed by atoms with Crippen molar-refractivity contribution in [2.24, 2.45) is 0 Å². The van der Waals surface area contributed by atoms with Crippen molar-refractivity contribution >= 4 is 11.7 Å². The van der Waals surface area contributed by atoms with Crippen LogP contribution in [0.25, 0.3) is 0 Å². The Hall–Kier alpha value is -2.54. The molecule has 0 saturated carbocycles. The van der Waals surface area contributed by atoms with Crippen molar-refractivity contribution < 1.29 is 9.18 Å². The molecule has 4 rings (SSSR count). The predicted molar refractivity (Wildman–Crippen MR) is 101 cm³/mol. The van der Waals surface area contributed by atoms with Gasteiger partial charge in [-0.3, -0.25) is 9.69 Å². The molecule has 0 spiro atoms. The number of hydrogen-bond acceptors (Lipinski definition) is 5. The highest BCUT2D eigenvalue weighted by atomic mass is 19.1. The fourth-order valence-electron chi connectivity index (χ4n) is 3.67. The van der Waals surface area contributed by atoms with Gasteiger partial charge in [0.15, 0.2) is 5.82 Å². The van der Waals surface area contributed by atoms with Crippen LogP contribution in [-0.4, -0.2) is 53.7 Å². The van der Waals surface area contributed by atoms with Gasteiger partial charge in [0.2, 0.25) is 5.91 Å². The van der Waals surface area contributed by atoms with Gasteiger partial charge in [0.25, 0.3) is 0 Å². The summed E-state index contributed by atoms with van der Waals surface area (Å²) in [6.07, 6.45) is 3.32. The lowest BCUT2D eigenvalue weighted by atomic mass is 10.2. The van der Waals surface area contributed by atoms with Gasteiger partial charge < -0.3 is 10.2 Å². The van der Waals surface area contributed by atoms with E-state index in [2.05, 4.69) is 31.4 Å². The van der Waals surface area contributed by atoms with Crippen LogP contribution in [-0.2, 0) is 24.2 Å². The van der Waals surface area contributed by atoms with E-state index in [1.54, 1.807) is 12.1 Å². The van der Waals surface area contributed by atoms with Crippen LogP contribution < -0.4 is 10.2 Å².